The minimum absolute atomic E-state index is 0.0543. The highest BCUT2D eigenvalue weighted by molar-refractivity contribution is 9.08. The molecule has 1 aromatic rings. The Morgan fingerprint density at radius 3 is 2.73 bits per heavy atom. The molecule has 0 saturated heterocycles. The van der Waals surface area contributed by atoms with Gasteiger partial charge in [-0.3, -0.25) is 9.78 Å². The Labute approximate surface area is 73.8 Å². The number of aromatic nitrogens is 1. The average Bonchev–Trinajstić information content (AvgIpc) is 2.05. The van der Waals surface area contributed by atoms with E-state index in [2.05, 4.69) is 20.9 Å². The van der Waals surface area contributed by atoms with Crippen LogP contribution in [0.25, 0.3) is 0 Å². The minimum Gasteiger partial charge on any atom is -0.294 e. The summed E-state index contributed by atoms with van der Waals surface area (Å²) in [4.78, 5) is 14.8. The van der Waals surface area contributed by atoms with Crippen molar-refractivity contribution in [2.24, 2.45) is 0 Å². The molecule has 0 aliphatic rings. The molecule has 58 valence electrons. The maximum atomic E-state index is 10.8. The molecule has 0 saturated carbocycles. The maximum absolute atomic E-state index is 10.8. The van der Waals surface area contributed by atoms with Crippen molar-refractivity contribution in [1.29, 1.82) is 0 Å². The molecule has 0 radical (unpaired) electrons. The first-order valence-electron chi connectivity index (χ1n) is 3.26. The summed E-state index contributed by atoms with van der Waals surface area (Å²) in [6, 6.07) is 3.62. The van der Waals surface area contributed by atoms with Gasteiger partial charge in [0, 0.05) is 17.1 Å². The second-order valence-electron chi connectivity index (χ2n) is 2.23. The quantitative estimate of drug-likeness (QED) is 0.557. The molecule has 0 amide bonds. The third-order valence-electron chi connectivity index (χ3n) is 1.37. The van der Waals surface area contributed by atoms with Crippen LogP contribution in [0.2, 0.25) is 0 Å². The number of hydrogen-bond donors (Lipinski definition) is 0. The Hall–Kier alpha value is -0.700. The second-order valence-corrected chi connectivity index (χ2v) is 2.79. The van der Waals surface area contributed by atoms with Crippen molar-refractivity contribution in [3.05, 3.63) is 29.6 Å². The number of carbonyl (C=O) groups excluding carboxylic acids is 1. The molecule has 0 aromatic carbocycles. The summed E-state index contributed by atoms with van der Waals surface area (Å²) in [6.07, 6.45) is 1.60. The highest BCUT2D eigenvalue weighted by atomic mass is 79.9. The van der Waals surface area contributed by atoms with Gasteiger partial charge in [0.1, 0.15) is 0 Å². The molecule has 0 bridgehead atoms. The van der Waals surface area contributed by atoms with Crippen molar-refractivity contribution < 1.29 is 4.79 Å². The molecule has 3 heteroatoms. The monoisotopic (exact) mass is 213 g/mol. The van der Waals surface area contributed by atoms with E-state index >= 15 is 0 Å². The topological polar surface area (TPSA) is 30.0 Å². The number of nitrogens with zero attached hydrogens (tertiary/aromatic N) is 1. The molecule has 0 fully saturated rings. The molecule has 1 heterocycles. The van der Waals surface area contributed by atoms with E-state index in [0.717, 1.165) is 11.0 Å². The fraction of sp³-hybridized carbons (Fsp3) is 0.250. The first-order valence-corrected chi connectivity index (χ1v) is 4.38. The van der Waals surface area contributed by atoms with Crippen LogP contribution in [-0.2, 0) is 5.33 Å². The third-order valence-corrected chi connectivity index (χ3v) is 1.94. The van der Waals surface area contributed by atoms with Gasteiger partial charge in [-0.05, 0) is 19.1 Å². The van der Waals surface area contributed by atoms with E-state index < -0.39 is 0 Å². The SMILES string of the molecule is CC(=O)c1ccc(CBr)nc1. The molecular weight excluding hydrogens is 206 g/mol. The summed E-state index contributed by atoms with van der Waals surface area (Å²) in [5, 5.41) is 0.727. The Balaban J connectivity index is 2.91. The van der Waals surface area contributed by atoms with Gasteiger partial charge in [0.2, 0.25) is 0 Å². The summed E-state index contributed by atoms with van der Waals surface area (Å²) < 4.78 is 0. The summed E-state index contributed by atoms with van der Waals surface area (Å²) in [5.74, 6) is 0.0543. The number of alkyl halides is 1. The van der Waals surface area contributed by atoms with Crippen molar-refractivity contribution in [2.75, 3.05) is 0 Å². The highest BCUT2D eigenvalue weighted by Crippen LogP contribution is 2.04. The van der Waals surface area contributed by atoms with Crippen LogP contribution in [0.1, 0.15) is 23.0 Å². The van der Waals surface area contributed by atoms with Crippen LogP contribution in [-0.4, -0.2) is 10.8 Å². The van der Waals surface area contributed by atoms with Crippen LogP contribution in [0.3, 0.4) is 0 Å². The molecule has 2 nitrogen and oxygen atoms in total. The van der Waals surface area contributed by atoms with Crippen LogP contribution in [0, 0.1) is 0 Å². The molecule has 0 aliphatic carbocycles. The molecule has 1 aromatic heterocycles. The molecule has 1 rings (SSSR count). The fourth-order valence-electron chi connectivity index (χ4n) is 0.712. The second kappa shape index (κ2) is 3.62. The van der Waals surface area contributed by atoms with Crippen molar-refractivity contribution >= 4 is 21.7 Å². The zero-order chi connectivity index (χ0) is 8.27. The van der Waals surface area contributed by atoms with Gasteiger partial charge in [0.05, 0.1) is 5.69 Å². The normalized spacial score (nSPS) is 9.64. The largest absolute Gasteiger partial charge is 0.294 e. The molecular formula is C8H8BrNO. The van der Waals surface area contributed by atoms with E-state index in [4.69, 9.17) is 0 Å². The van der Waals surface area contributed by atoms with Crippen molar-refractivity contribution in [1.82, 2.24) is 4.98 Å². The van der Waals surface area contributed by atoms with Crippen molar-refractivity contribution in [3.8, 4) is 0 Å². The van der Waals surface area contributed by atoms with Gasteiger partial charge in [-0.1, -0.05) is 15.9 Å². The van der Waals surface area contributed by atoms with Gasteiger partial charge in [0.15, 0.2) is 5.78 Å². The number of Topliss-reactive ketones (excluding diaryl/α,β-unsaturated/α-hetero) is 1. The van der Waals surface area contributed by atoms with Crippen molar-refractivity contribution in [2.45, 2.75) is 12.3 Å². The first-order chi connectivity index (χ1) is 5.24. The van der Waals surface area contributed by atoms with E-state index in [1.54, 1.807) is 12.3 Å². The van der Waals surface area contributed by atoms with E-state index in [1.807, 2.05) is 6.07 Å². The summed E-state index contributed by atoms with van der Waals surface area (Å²) in [6.45, 7) is 1.53. The summed E-state index contributed by atoms with van der Waals surface area (Å²) in [7, 11) is 0. The molecule has 0 atom stereocenters. The van der Waals surface area contributed by atoms with Gasteiger partial charge < -0.3 is 0 Å². The summed E-state index contributed by atoms with van der Waals surface area (Å²) in [5.41, 5.74) is 1.60. The molecule has 0 N–H and O–H groups in total. The van der Waals surface area contributed by atoms with E-state index in [1.165, 1.54) is 6.92 Å². The Morgan fingerprint density at radius 2 is 2.36 bits per heavy atom. The number of halogens is 1. The van der Waals surface area contributed by atoms with Crippen LogP contribution in [0.4, 0.5) is 0 Å². The van der Waals surface area contributed by atoms with Gasteiger partial charge >= 0.3 is 0 Å². The van der Waals surface area contributed by atoms with Crippen LogP contribution in [0.15, 0.2) is 18.3 Å². The molecule has 0 unspecified atom stereocenters. The lowest BCUT2D eigenvalue weighted by molar-refractivity contribution is 0.101. The first kappa shape index (κ1) is 8.40. The van der Waals surface area contributed by atoms with Crippen LogP contribution >= 0.6 is 15.9 Å². The minimum atomic E-state index is 0.0543. The van der Waals surface area contributed by atoms with E-state index in [0.29, 0.717) is 5.56 Å². The number of pyridine rings is 1. The lowest BCUT2D eigenvalue weighted by atomic mass is 10.2. The lowest BCUT2D eigenvalue weighted by Gasteiger charge is -1.95. The number of hydrogen-bond acceptors (Lipinski definition) is 2. The number of carbonyl (C=O) groups is 1. The highest BCUT2D eigenvalue weighted by Gasteiger charge is 1.98. The third kappa shape index (κ3) is 2.12. The molecule has 0 aliphatic heterocycles. The fourth-order valence-corrected chi connectivity index (χ4v) is 1.04. The van der Waals surface area contributed by atoms with E-state index in [9.17, 15) is 4.79 Å². The standard InChI is InChI=1S/C8H8BrNO/c1-6(11)7-2-3-8(4-9)10-5-7/h2-3,5H,4H2,1H3. The molecule has 0 spiro atoms. The Kier molecular flexibility index (Phi) is 2.76. The van der Waals surface area contributed by atoms with Crippen LogP contribution in [0.5, 0.6) is 0 Å². The number of rotatable bonds is 2. The van der Waals surface area contributed by atoms with Gasteiger partial charge in [0.25, 0.3) is 0 Å². The number of ketones is 1. The average molecular weight is 214 g/mol. The predicted molar refractivity (Wildman–Crippen MR) is 46.9 cm³/mol. The Bertz CT molecular complexity index is 255. The van der Waals surface area contributed by atoms with Crippen LogP contribution < -0.4 is 0 Å². The zero-order valence-electron chi connectivity index (χ0n) is 6.17. The van der Waals surface area contributed by atoms with E-state index in [-0.39, 0.29) is 5.78 Å². The van der Waals surface area contributed by atoms with Gasteiger partial charge in [-0.25, -0.2) is 0 Å². The van der Waals surface area contributed by atoms with Gasteiger partial charge in [-0.15, -0.1) is 0 Å². The maximum Gasteiger partial charge on any atom is 0.161 e. The van der Waals surface area contributed by atoms with Gasteiger partial charge in [-0.2, -0.15) is 0 Å². The summed E-state index contributed by atoms with van der Waals surface area (Å²) >= 11 is 3.27. The van der Waals surface area contributed by atoms with Crippen molar-refractivity contribution in [3.63, 3.8) is 0 Å². The zero-order valence-corrected chi connectivity index (χ0v) is 7.76. The smallest absolute Gasteiger partial charge is 0.161 e. The Morgan fingerprint density at radius 1 is 1.64 bits per heavy atom. The lowest BCUT2D eigenvalue weighted by Crippen LogP contribution is -1.94. The predicted octanol–water partition coefficient (Wildman–Crippen LogP) is 2.18. The molecule has 11 heavy (non-hydrogen) atoms.